The van der Waals surface area contributed by atoms with Gasteiger partial charge in [-0.3, -0.25) is 0 Å². The fourth-order valence-electron chi connectivity index (χ4n) is 2.09. The van der Waals surface area contributed by atoms with Crippen LogP contribution in [0.25, 0.3) is 0 Å². The van der Waals surface area contributed by atoms with Crippen LogP contribution in [0.3, 0.4) is 0 Å². The molecule has 0 nitrogen and oxygen atoms in total. The minimum absolute atomic E-state index is 0.144. The molecule has 0 heterocycles. The van der Waals surface area contributed by atoms with Crippen LogP contribution in [0.1, 0.15) is 12.0 Å². The average Bonchev–Trinajstić information content (AvgIpc) is 2.47. The van der Waals surface area contributed by atoms with Crippen molar-refractivity contribution in [2.45, 2.75) is 17.7 Å². The number of thioether (sulfide) groups is 1. The van der Waals surface area contributed by atoms with Gasteiger partial charge in [0.15, 0.2) is 0 Å². The van der Waals surface area contributed by atoms with Crippen molar-refractivity contribution < 1.29 is 4.39 Å². The van der Waals surface area contributed by atoms with E-state index in [1.54, 1.807) is 12.1 Å². The Kier molecular flexibility index (Phi) is 6.61. The van der Waals surface area contributed by atoms with Crippen molar-refractivity contribution in [3.63, 3.8) is 0 Å². The molecule has 0 fully saturated rings. The zero-order valence-corrected chi connectivity index (χ0v) is 13.7. The summed E-state index contributed by atoms with van der Waals surface area (Å²) in [5.74, 6) is 1.50. The molecular formula is C17H18BrFS. The maximum Gasteiger partial charge on any atom is 0.123 e. The molecule has 0 N–H and O–H groups in total. The van der Waals surface area contributed by atoms with Crippen LogP contribution in [0.15, 0.2) is 59.5 Å². The van der Waals surface area contributed by atoms with Crippen LogP contribution in [0.5, 0.6) is 0 Å². The van der Waals surface area contributed by atoms with Crippen LogP contribution < -0.4 is 0 Å². The fourth-order valence-corrected chi connectivity index (χ4v) is 3.68. The molecule has 2 aromatic rings. The maximum absolute atomic E-state index is 13.2. The highest BCUT2D eigenvalue weighted by Crippen LogP contribution is 2.23. The topological polar surface area (TPSA) is 0 Å². The highest BCUT2D eigenvalue weighted by atomic mass is 79.9. The normalized spacial score (nSPS) is 12.3. The number of hydrogen-bond acceptors (Lipinski definition) is 1. The molecule has 0 spiro atoms. The van der Waals surface area contributed by atoms with E-state index in [2.05, 4.69) is 40.2 Å². The van der Waals surface area contributed by atoms with Crippen LogP contribution in [0.2, 0.25) is 0 Å². The van der Waals surface area contributed by atoms with E-state index in [1.807, 2.05) is 23.9 Å². The fraction of sp³-hybridized carbons (Fsp3) is 0.294. The maximum atomic E-state index is 13.2. The van der Waals surface area contributed by atoms with Gasteiger partial charge < -0.3 is 0 Å². The number of halogens is 2. The smallest absolute Gasteiger partial charge is 0.123 e. The van der Waals surface area contributed by atoms with Gasteiger partial charge in [-0.25, -0.2) is 4.39 Å². The lowest BCUT2D eigenvalue weighted by Gasteiger charge is -2.14. The average molecular weight is 353 g/mol. The van der Waals surface area contributed by atoms with E-state index in [0.717, 1.165) is 29.5 Å². The van der Waals surface area contributed by atoms with E-state index in [1.165, 1.54) is 11.0 Å². The van der Waals surface area contributed by atoms with Crippen LogP contribution in [-0.2, 0) is 6.42 Å². The quantitative estimate of drug-likeness (QED) is 0.464. The van der Waals surface area contributed by atoms with Crippen molar-refractivity contribution >= 4 is 27.7 Å². The van der Waals surface area contributed by atoms with Crippen molar-refractivity contribution in [2.24, 2.45) is 5.92 Å². The highest BCUT2D eigenvalue weighted by molar-refractivity contribution is 9.09. The van der Waals surface area contributed by atoms with Gasteiger partial charge in [-0.05, 0) is 54.3 Å². The third-order valence-electron chi connectivity index (χ3n) is 3.17. The molecule has 1 unspecified atom stereocenters. The molecule has 0 aliphatic rings. The Morgan fingerprint density at radius 1 is 1.05 bits per heavy atom. The van der Waals surface area contributed by atoms with E-state index in [9.17, 15) is 4.39 Å². The minimum Gasteiger partial charge on any atom is -0.207 e. The van der Waals surface area contributed by atoms with Crippen LogP contribution in [0.4, 0.5) is 4.39 Å². The highest BCUT2D eigenvalue weighted by Gasteiger charge is 2.09. The monoisotopic (exact) mass is 352 g/mol. The Balaban J connectivity index is 1.80. The van der Waals surface area contributed by atoms with Gasteiger partial charge in [0.1, 0.15) is 5.82 Å². The predicted octanol–water partition coefficient (Wildman–Crippen LogP) is 5.56. The van der Waals surface area contributed by atoms with Crippen molar-refractivity contribution in [2.75, 3.05) is 11.1 Å². The molecule has 0 saturated carbocycles. The second-order valence-corrected chi connectivity index (χ2v) is 6.62. The summed E-state index contributed by atoms with van der Waals surface area (Å²) in [4.78, 5) is 1.31. The first-order chi connectivity index (χ1) is 9.78. The van der Waals surface area contributed by atoms with E-state index in [0.29, 0.717) is 5.92 Å². The Hall–Kier alpha value is -0.800. The van der Waals surface area contributed by atoms with Crippen molar-refractivity contribution in [1.29, 1.82) is 0 Å². The number of hydrogen-bond donors (Lipinski definition) is 0. The molecule has 2 rings (SSSR count). The Morgan fingerprint density at radius 3 is 2.55 bits per heavy atom. The lowest BCUT2D eigenvalue weighted by Crippen LogP contribution is -2.07. The minimum atomic E-state index is -0.144. The van der Waals surface area contributed by atoms with Gasteiger partial charge >= 0.3 is 0 Å². The summed E-state index contributed by atoms with van der Waals surface area (Å²) in [5, 5.41) is 0.957. The first kappa shape index (κ1) is 15.6. The summed E-state index contributed by atoms with van der Waals surface area (Å²) in [6.45, 7) is 0. The Morgan fingerprint density at radius 2 is 1.85 bits per heavy atom. The largest absolute Gasteiger partial charge is 0.207 e. The second-order valence-electron chi connectivity index (χ2n) is 4.80. The molecule has 0 aromatic heterocycles. The molecule has 0 bridgehead atoms. The van der Waals surface area contributed by atoms with Gasteiger partial charge in [0.2, 0.25) is 0 Å². The first-order valence-corrected chi connectivity index (χ1v) is 8.87. The molecule has 0 aliphatic heterocycles. The van der Waals surface area contributed by atoms with E-state index < -0.39 is 0 Å². The molecule has 1 atom stereocenters. The van der Waals surface area contributed by atoms with Gasteiger partial charge in [-0.15, -0.1) is 11.8 Å². The van der Waals surface area contributed by atoms with Crippen LogP contribution in [-0.4, -0.2) is 11.1 Å². The second kappa shape index (κ2) is 8.48. The molecule has 0 radical (unpaired) electrons. The van der Waals surface area contributed by atoms with E-state index in [-0.39, 0.29) is 5.82 Å². The summed E-state index contributed by atoms with van der Waals surface area (Å²) in [7, 11) is 0. The first-order valence-electron chi connectivity index (χ1n) is 6.76. The molecule has 20 heavy (non-hydrogen) atoms. The van der Waals surface area contributed by atoms with Gasteiger partial charge in [-0.2, -0.15) is 0 Å². The third kappa shape index (κ3) is 5.29. The summed E-state index contributed by atoms with van der Waals surface area (Å²) in [6, 6.07) is 17.4. The molecule has 0 saturated heterocycles. The number of benzene rings is 2. The standard InChI is InChI=1S/C17H18BrFS/c18-13-15(11-14-5-4-6-16(19)12-14)9-10-20-17-7-2-1-3-8-17/h1-8,12,15H,9-11,13H2. The lowest BCUT2D eigenvalue weighted by molar-refractivity contribution is 0.572. The summed E-state index contributed by atoms with van der Waals surface area (Å²) in [6.07, 6.45) is 2.06. The molecule has 106 valence electrons. The SMILES string of the molecule is Fc1cccc(CC(CBr)CCSc2ccccc2)c1. The van der Waals surface area contributed by atoms with Gasteiger partial charge in [0.05, 0.1) is 0 Å². The zero-order chi connectivity index (χ0) is 14.2. The third-order valence-corrected chi connectivity index (χ3v) is 5.13. The van der Waals surface area contributed by atoms with Crippen molar-refractivity contribution in [3.8, 4) is 0 Å². The summed E-state index contributed by atoms with van der Waals surface area (Å²) >= 11 is 5.46. The van der Waals surface area contributed by atoms with Gasteiger partial charge in [0, 0.05) is 10.2 Å². The van der Waals surface area contributed by atoms with Crippen LogP contribution in [0, 0.1) is 11.7 Å². The number of rotatable bonds is 7. The van der Waals surface area contributed by atoms with E-state index in [4.69, 9.17) is 0 Å². The summed E-state index contributed by atoms with van der Waals surface area (Å²) in [5.41, 5.74) is 1.08. The van der Waals surface area contributed by atoms with E-state index >= 15 is 0 Å². The Bertz CT molecular complexity index is 515. The molecule has 2 aromatic carbocycles. The van der Waals surface area contributed by atoms with Gasteiger partial charge in [0.25, 0.3) is 0 Å². The van der Waals surface area contributed by atoms with Crippen LogP contribution >= 0.6 is 27.7 Å². The molecule has 0 amide bonds. The van der Waals surface area contributed by atoms with Gasteiger partial charge in [-0.1, -0.05) is 46.3 Å². The number of alkyl halides is 1. The lowest BCUT2D eigenvalue weighted by atomic mass is 9.99. The molecule has 0 aliphatic carbocycles. The predicted molar refractivity (Wildman–Crippen MR) is 89.2 cm³/mol. The molecule has 3 heteroatoms. The van der Waals surface area contributed by atoms with Crippen molar-refractivity contribution in [3.05, 3.63) is 66.0 Å². The zero-order valence-electron chi connectivity index (χ0n) is 11.3. The summed E-state index contributed by atoms with van der Waals surface area (Å²) < 4.78 is 13.2. The van der Waals surface area contributed by atoms with Crippen molar-refractivity contribution in [1.82, 2.24) is 0 Å². The Labute approximate surface area is 132 Å². The molecular weight excluding hydrogens is 335 g/mol.